The van der Waals surface area contributed by atoms with Crippen molar-refractivity contribution in [2.45, 2.75) is 18.1 Å². The normalized spacial score (nSPS) is 17.5. The zero-order valence-electron chi connectivity index (χ0n) is 7.50. The molecule has 0 atom stereocenters. The first-order valence-corrected chi connectivity index (χ1v) is 7.40. The van der Waals surface area contributed by atoms with E-state index in [2.05, 4.69) is 40.2 Å². The zero-order valence-corrected chi connectivity index (χ0v) is 10.2. The lowest BCUT2D eigenvalue weighted by Crippen LogP contribution is -2.37. The molecule has 0 radical (unpaired) electrons. The van der Waals surface area contributed by atoms with Gasteiger partial charge in [-0.1, -0.05) is 50.3 Å². The summed E-state index contributed by atoms with van der Waals surface area (Å²) in [6.45, 7) is 0.970. The quantitative estimate of drug-likeness (QED) is 0.700. The van der Waals surface area contributed by atoms with Crippen molar-refractivity contribution < 1.29 is 3.79 Å². The molecule has 1 saturated heterocycles. The Hall–Kier alpha value is 0.192. The average molecular weight is 255 g/mol. The fourth-order valence-corrected chi connectivity index (χ4v) is 5.27. The van der Waals surface area contributed by atoms with E-state index in [0.717, 1.165) is 6.61 Å². The third-order valence-electron chi connectivity index (χ3n) is 2.43. The van der Waals surface area contributed by atoms with Crippen molar-refractivity contribution in [1.82, 2.24) is 0 Å². The van der Waals surface area contributed by atoms with Gasteiger partial charge in [0.15, 0.2) is 0 Å². The summed E-state index contributed by atoms with van der Waals surface area (Å²) in [5.41, 5.74) is 0. The number of hydrogen-bond donors (Lipinski definition) is 0. The summed E-state index contributed by atoms with van der Waals surface area (Å²) in [5.74, 6) is 0. The van der Waals surface area contributed by atoms with E-state index < -0.39 is 14.5 Å². The third kappa shape index (κ3) is 2.35. The van der Waals surface area contributed by atoms with Crippen LogP contribution in [0.1, 0.15) is 12.8 Å². The Balaban J connectivity index is 2.18. The Bertz CT molecular complexity index is 284. The summed E-state index contributed by atoms with van der Waals surface area (Å²) in [6.07, 6.45) is 2.59. The molecule has 0 amide bonds. The van der Waals surface area contributed by atoms with E-state index in [1.807, 2.05) is 0 Å². The summed E-state index contributed by atoms with van der Waals surface area (Å²) in [7, 11) is 0. The summed E-state index contributed by atoms with van der Waals surface area (Å²) >= 11 is 2.52. The van der Waals surface area contributed by atoms with Crippen LogP contribution in [0.3, 0.4) is 0 Å². The molecule has 1 aliphatic heterocycles. The molecule has 0 saturated carbocycles. The lowest BCUT2D eigenvalue weighted by Gasteiger charge is -2.19. The highest BCUT2D eigenvalue weighted by atomic mass is 79.9. The van der Waals surface area contributed by atoms with Crippen LogP contribution in [0, 0.1) is 0 Å². The smallest absolute Gasteiger partial charge is 0.497 e. The third-order valence-corrected chi connectivity index (χ3v) is 6.34. The summed E-state index contributed by atoms with van der Waals surface area (Å²) in [5, 5.41) is 1.29. The van der Waals surface area contributed by atoms with Crippen LogP contribution in [0.15, 0.2) is 28.7 Å². The van der Waals surface area contributed by atoms with E-state index in [-0.39, 0.29) is 0 Å². The second kappa shape index (κ2) is 4.61. The molecule has 0 unspecified atom stereocenters. The molecule has 1 aromatic carbocycles. The molecule has 68 valence electrons. The summed E-state index contributed by atoms with van der Waals surface area (Å²) in [6, 6.07) is 8.47. The number of rotatable bonds is 1. The monoisotopic (exact) mass is 254 g/mol. The molecule has 2 rings (SSSR count). The van der Waals surface area contributed by atoms with E-state index in [1.54, 1.807) is 0 Å². The Morgan fingerprint density at radius 2 is 2.08 bits per heavy atom. The zero-order chi connectivity index (χ0) is 9.10. The second-order valence-electron chi connectivity index (χ2n) is 3.38. The van der Waals surface area contributed by atoms with Crippen LogP contribution in [-0.2, 0) is 3.79 Å². The summed E-state index contributed by atoms with van der Waals surface area (Å²) < 4.78 is 8.52. The molecule has 1 nitrogen and oxygen atoms in total. The number of benzene rings is 1. The molecular weight excluding hydrogens is 243 g/mol. The molecule has 0 N–H and O–H groups in total. The van der Waals surface area contributed by atoms with Crippen molar-refractivity contribution in [2.75, 3.05) is 6.61 Å². The van der Waals surface area contributed by atoms with Gasteiger partial charge in [0.05, 0.1) is 0 Å². The van der Waals surface area contributed by atoms with Crippen LogP contribution in [0.4, 0.5) is 0 Å². The topological polar surface area (TPSA) is 9.23 Å². The minimum absolute atomic E-state index is 0.970. The maximum atomic E-state index is 5.85. The van der Waals surface area contributed by atoms with Crippen molar-refractivity contribution >= 4 is 34.8 Å². The van der Waals surface area contributed by atoms with Gasteiger partial charge >= 0.3 is 14.5 Å². The lowest BCUT2D eigenvalue weighted by molar-refractivity contribution is 0.294. The minimum atomic E-state index is -1.07. The molecule has 0 spiro atoms. The molecule has 1 fully saturated rings. The van der Waals surface area contributed by atoms with Crippen molar-refractivity contribution in [3.05, 3.63) is 28.7 Å². The van der Waals surface area contributed by atoms with E-state index in [9.17, 15) is 0 Å². The van der Waals surface area contributed by atoms with Gasteiger partial charge in [0.25, 0.3) is 0 Å². The van der Waals surface area contributed by atoms with Gasteiger partial charge in [0, 0.05) is 11.1 Å². The maximum absolute atomic E-state index is 5.85. The second-order valence-corrected chi connectivity index (χ2v) is 6.74. The van der Waals surface area contributed by atoms with Crippen LogP contribution in [-0.4, -0.2) is 21.1 Å². The Kier molecular flexibility index (Phi) is 3.46. The molecular formula is C10H12AlBrO. The van der Waals surface area contributed by atoms with Gasteiger partial charge in [-0.25, -0.2) is 0 Å². The first-order chi connectivity index (χ1) is 6.38. The van der Waals surface area contributed by atoms with E-state index >= 15 is 0 Å². The fraction of sp³-hybridized carbons (Fsp3) is 0.400. The molecule has 1 aliphatic rings. The van der Waals surface area contributed by atoms with Gasteiger partial charge in [-0.3, -0.25) is 0 Å². The van der Waals surface area contributed by atoms with Gasteiger partial charge in [0.1, 0.15) is 0 Å². The van der Waals surface area contributed by atoms with Crippen LogP contribution in [0.2, 0.25) is 5.28 Å². The van der Waals surface area contributed by atoms with Crippen LogP contribution in [0.25, 0.3) is 0 Å². The predicted octanol–water partition coefficient (Wildman–Crippen LogP) is 2.46. The highest BCUT2D eigenvalue weighted by molar-refractivity contribution is 9.10. The standard InChI is InChI=1S/C6H4Br.C4H8O.Al/c7-6-4-2-1-3-5-6;1-2-3-4-5;/h1-4H;1-4H2;/q;-1;+1. The molecule has 3 heteroatoms. The first-order valence-electron chi connectivity index (χ1n) is 4.74. The van der Waals surface area contributed by atoms with Gasteiger partial charge in [-0.2, -0.15) is 0 Å². The molecule has 1 aromatic rings. The van der Waals surface area contributed by atoms with Crippen molar-refractivity contribution in [3.8, 4) is 0 Å². The fourth-order valence-electron chi connectivity index (χ4n) is 1.72. The maximum Gasteiger partial charge on any atom is 0.503 e. The highest BCUT2D eigenvalue weighted by Gasteiger charge is 2.27. The average Bonchev–Trinajstić information content (AvgIpc) is 2.20. The molecule has 0 aromatic heterocycles. The van der Waals surface area contributed by atoms with Gasteiger partial charge < -0.3 is 3.79 Å². The highest BCUT2D eigenvalue weighted by Crippen LogP contribution is 2.15. The Labute approximate surface area is 92.0 Å². The Morgan fingerprint density at radius 1 is 1.23 bits per heavy atom. The minimum Gasteiger partial charge on any atom is -0.497 e. The SMILES string of the molecule is Brc1cccc[c]1[Al]1[CH2]CCC[O]1. The van der Waals surface area contributed by atoms with Crippen molar-refractivity contribution in [2.24, 2.45) is 0 Å². The van der Waals surface area contributed by atoms with Crippen LogP contribution < -0.4 is 4.43 Å². The van der Waals surface area contributed by atoms with E-state index in [1.165, 1.54) is 27.0 Å². The number of hydrogen-bond acceptors (Lipinski definition) is 1. The largest absolute Gasteiger partial charge is 0.503 e. The van der Waals surface area contributed by atoms with E-state index in [4.69, 9.17) is 3.79 Å². The van der Waals surface area contributed by atoms with E-state index in [0.29, 0.717) is 0 Å². The predicted molar refractivity (Wildman–Crippen MR) is 59.5 cm³/mol. The summed E-state index contributed by atoms with van der Waals surface area (Å²) in [4.78, 5) is 0. The molecule has 0 bridgehead atoms. The van der Waals surface area contributed by atoms with Gasteiger partial charge in [-0.15, -0.1) is 0 Å². The molecule has 1 heterocycles. The van der Waals surface area contributed by atoms with Crippen LogP contribution in [0.5, 0.6) is 0 Å². The van der Waals surface area contributed by atoms with Crippen LogP contribution >= 0.6 is 15.9 Å². The first kappa shape index (κ1) is 9.74. The number of halogens is 1. The van der Waals surface area contributed by atoms with Gasteiger partial charge in [0.2, 0.25) is 0 Å². The van der Waals surface area contributed by atoms with Gasteiger partial charge in [-0.05, 0) is 12.5 Å². The van der Waals surface area contributed by atoms with Crippen molar-refractivity contribution in [3.63, 3.8) is 0 Å². The lowest BCUT2D eigenvalue weighted by atomic mass is 10.3. The van der Waals surface area contributed by atoms with Crippen molar-refractivity contribution in [1.29, 1.82) is 0 Å². The Morgan fingerprint density at radius 3 is 2.77 bits per heavy atom. The molecule has 13 heavy (non-hydrogen) atoms. The molecule has 0 aliphatic carbocycles.